The first-order valence-corrected chi connectivity index (χ1v) is 6.48. The van der Waals surface area contributed by atoms with Crippen LogP contribution in [0.25, 0.3) is 6.08 Å². The highest BCUT2D eigenvalue weighted by molar-refractivity contribution is 6.42. The zero-order valence-corrected chi connectivity index (χ0v) is 12.4. The number of hydrogen-bond acceptors (Lipinski definition) is 2. The Bertz CT molecular complexity index is 561. The minimum Gasteiger partial charge on any atom is -0.375 e. The summed E-state index contributed by atoms with van der Waals surface area (Å²) in [4.78, 5) is 10.7. The molecule has 8 heteroatoms. The van der Waals surface area contributed by atoms with E-state index in [1.165, 1.54) is 18.2 Å². The van der Waals surface area contributed by atoms with Gasteiger partial charge in [-0.2, -0.15) is 13.2 Å². The summed E-state index contributed by atoms with van der Waals surface area (Å²) in [5, 5.41) is 12.1. The van der Waals surface area contributed by atoms with Crippen LogP contribution in [0, 0.1) is 0 Å². The standard InChI is InChI=1S/C13H12Cl2F3NO2/c1-8(20)19-7-12(21,13(16,17)18)5-4-9-2-3-10(14)11(15)6-9/h2-6,21H,7H2,1H3,(H,19,20)/b5-4+. The molecule has 0 saturated carbocycles. The molecule has 1 rings (SSSR count). The smallest absolute Gasteiger partial charge is 0.375 e. The molecule has 1 atom stereocenters. The number of aliphatic hydroxyl groups is 1. The molecule has 3 nitrogen and oxygen atoms in total. The van der Waals surface area contributed by atoms with E-state index in [2.05, 4.69) is 0 Å². The van der Waals surface area contributed by atoms with Crippen molar-refractivity contribution in [2.24, 2.45) is 0 Å². The summed E-state index contributed by atoms with van der Waals surface area (Å²) in [5.74, 6) is -0.680. The van der Waals surface area contributed by atoms with Crippen LogP contribution in [0.4, 0.5) is 13.2 Å². The van der Waals surface area contributed by atoms with E-state index in [-0.39, 0.29) is 10.0 Å². The first kappa shape index (κ1) is 17.8. The quantitative estimate of drug-likeness (QED) is 0.881. The van der Waals surface area contributed by atoms with Gasteiger partial charge in [-0.3, -0.25) is 4.79 Å². The van der Waals surface area contributed by atoms with Gasteiger partial charge < -0.3 is 10.4 Å². The van der Waals surface area contributed by atoms with Gasteiger partial charge in [0.25, 0.3) is 0 Å². The van der Waals surface area contributed by atoms with E-state index in [9.17, 15) is 23.1 Å². The fraction of sp³-hybridized carbons (Fsp3) is 0.308. The maximum Gasteiger partial charge on any atom is 0.422 e. The van der Waals surface area contributed by atoms with E-state index in [1.807, 2.05) is 5.32 Å². The SMILES string of the molecule is CC(=O)NCC(O)(/C=C/c1ccc(Cl)c(Cl)c1)C(F)(F)F. The molecule has 0 aliphatic carbocycles. The molecular formula is C13H12Cl2F3NO2. The molecule has 1 aromatic rings. The summed E-state index contributed by atoms with van der Waals surface area (Å²) in [5.41, 5.74) is -2.85. The van der Waals surface area contributed by atoms with Gasteiger partial charge in [-0.05, 0) is 23.8 Å². The largest absolute Gasteiger partial charge is 0.422 e. The minimum atomic E-state index is -4.94. The van der Waals surface area contributed by atoms with E-state index in [4.69, 9.17) is 23.2 Å². The molecule has 0 aliphatic heterocycles. The van der Waals surface area contributed by atoms with Gasteiger partial charge in [0, 0.05) is 6.92 Å². The molecule has 0 spiro atoms. The average Bonchev–Trinajstić information content (AvgIpc) is 2.36. The molecule has 0 heterocycles. The van der Waals surface area contributed by atoms with E-state index in [0.29, 0.717) is 11.6 Å². The van der Waals surface area contributed by atoms with Gasteiger partial charge in [0.05, 0.1) is 16.6 Å². The molecule has 0 saturated heterocycles. The number of amides is 1. The van der Waals surface area contributed by atoms with Gasteiger partial charge in [-0.15, -0.1) is 0 Å². The first-order valence-electron chi connectivity index (χ1n) is 5.73. The van der Waals surface area contributed by atoms with Crippen molar-refractivity contribution in [2.75, 3.05) is 6.54 Å². The van der Waals surface area contributed by atoms with Crippen molar-refractivity contribution < 1.29 is 23.1 Å². The van der Waals surface area contributed by atoms with Gasteiger partial charge in [0.1, 0.15) is 0 Å². The van der Waals surface area contributed by atoms with Crippen LogP contribution in [0.1, 0.15) is 12.5 Å². The van der Waals surface area contributed by atoms with Crippen molar-refractivity contribution in [1.29, 1.82) is 0 Å². The lowest BCUT2D eigenvalue weighted by Gasteiger charge is -2.27. The van der Waals surface area contributed by atoms with Crippen LogP contribution < -0.4 is 5.32 Å². The number of halogens is 5. The predicted octanol–water partition coefficient (Wildman–Crippen LogP) is 3.44. The van der Waals surface area contributed by atoms with Crippen LogP contribution >= 0.6 is 23.2 Å². The van der Waals surface area contributed by atoms with E-state index < -0.39 is 24.2 Å². The van der Waals surface area contributed by atoms with Crippen molar-refractivity contribution in [3.8, 4) is 0 Å². The summed E-state index contributed by atoms with van der Waals surface area (Å²) in [6.07, 6.45) is -3.33. The Balaban J connectivity index is 3.02. The number of benzene rings is 1. The molecule has 1 unspecified atom stereocenters. The monoisotopic (exact) mass is 341 g/mol. The maximum atomic E-state index is 12.9. The Morgan fingerprint density at radius 1 is 1.33 bits per heavy atom. The summed E-state index contributed by atoms with van der Waals surface area (Å²) in [6, 6.07) is 4.22. The van der Waals surface area contributed by atoms with Gasteiger partial charge in [-0.1, -0.05) is 35.3 Å². The van der Waals surface area contributed by atoms with Crippen LogP contribution in [0.2, 0.25) is 10.0 Å². The first-order chi connectivity index (χ1) is 9.55. The molecule has 1 aromatic carbocycles. The second-order valence-electron chi connectivity index (χ2n) is 4.34. The lowest BCUT2D eigenvalue weighted by atomic mass is 10.0. The Kier molecular flexibility index (Phi) is 5.67. The summed E-state index contributed by atoms with van der Waals surface area (Å²) < 4.78 is 38.7. The van der Waals surface area contributed by atoms with Crippen LogP contribution in [0.15, 0.2) is 24.3 Å². The van der Waals surface area contributed by atoms with Crippen LogP contribution in [0.5, 0.6) is 0 Å². The molecule has 116 valence electrons. The second-order valence-corrected chi connectivity index (χ2v) is 5.15. The molecular weight excluding hydrogens is 330 g/mol. The maximum absolute atomic E-state index is 12.9. The third kappa shape index (κ3) is 4.91. The van der Waals surface area contributed by atoms with Crippen molar-refractivity contribution in [1.82, 2.24) is 5.32 Å². The lowest BCUT2D eigenvalue weighted by Crippen LogP contribution is -2.51. The number of hydrogen-bond donors (Lipinski definition) is 2. The summed E-state index contributed by atoms with van der Waals surface area (Å²) in [6.45, 7) is 0.0726. The number of rotatable bonds is 4. The highest BCUT2D eigenvalue weighted by Crippen LogP contribution is 2.32. The third-order valence-corrected chi connectivity index (χ3v) is 3.33. The van der Waals surface area contributed by atoms with Gasteiger partial charge in [0.2, 0.25) is 5.91 Å². The highest BCUT2D eigenvalue weighted by atomic mass is 35.5. The van der Waals surface area contributed by atoms with Crippen LogP contribution in [0.3, 0.4) is 0 Å². The Labute approximate surface area is 129 Å². The normalized spacial score (nSPS) is 15.0. The second kappa shape index (κ2) is 6.68. The predicted molar refractivity (Wildman–Crippen MR) is 75.2 cm³/mol. The zero-order valence-electron chi connectivity index (χ0n) is 10.8. The fourth-order valence-corrected chi connectivity index (χ4v) is 1.67. The van der Waals surface area contributed by atoms with Crippen molar-refractivity contribution >= 4 is 35.2 Å². The van der Waals surface area contributed by atoms with E-state index in [0.717, 1.165) is 13.0 Å². The van der Waals surface area contributed by atoms with Crippen LogP contribution in [-0.4, -0.2) is 29.3 Å². The molecule has 1 amide bonds. The molecule has 0 fully saturated rings. The lowest BCUT2D eigenvalue weighted by molar-refractivity contribution is -0.236. The Hall–Kier alpha value is -1.24. The van der Waals surface area contributed by atoms with E-state index >= 15 is 0 Å². The Morgan fingerprint density at radius 2 is 1.95 bits per heavy atom. The van der Waals surface area contributed by atoms with E-state index in [1.54, 1.807) is 0 Å². The number of alkyl halides is 3. The molecule has 0 radical (unpaired) electrons. The number of carbonyl (C=O) groups excluding carboxylic acids is 1. The summed E-state index contributed by atoms with van der Waals surface area (Å²) >= 11 is 11.4. The third-order valence-electron chi connectivity index (χ3n) is 2.59. The zero-order chi connectivity index (χ0) is 16.3. The van der Waals surface area contributed by atoms with Crippen molar-refractivity contribution in [3.05, 3.63) is 39.9 Å². The molecule has 0 aliphatic rings. The number of nitrogens with one attached hydrogen (secondary N) is 1. The molecule has 2 N–H and O–H groups in total. The topological polar surface area (TPSA) is 49.3 Å². The minimum absolute atomic E-state index is 0.177. The molecule has 0 aromatic heterocycles. The molecule has 21 heavy (non-hydrogen) atoms. The molecule has 0 bridgehead atoms. The average molecular weight is 342 g/mol. The van der Waals surface area contributed by atoms with Gasteiger partial charge in [-0.25, -0.2) is 0 Å². The number of carbonyl (C=O) groups is 1. The van der Waals surface area contributed by atoms with Crippen LogP contribution in [-0.2, 0) is 4.79 Å². The van der Waals surface area contributed by atoms with Crippen molar-refractivity contribution in [2.45, 2.75) is 18.7 Å². The van der Waals surface area contributed by atoms with Gasteiger partial charge >= 0.3 is 6.18 Å². The van der Waals surface area contributed by atoms with Crippen molar-refractivity contribution in [3.63, 3.8) is 0 Å². The summed E-state index contributed by atoms with van der Waals surface area (Å²) in [7, 11) is 0. The van der Waals surface area contributed by atoms with Gasteiger partial charge in [0.15, 0.2) is 5.60 Å². The Morgan fingerprint density at radius 3 is 2.43 bits per heavy atom. The fourth-order valence-electron chi connectivity index (χ4n) is 1.36. The highest BCUT2D eigenvalue weighted by Gasteiger charge is 2.51.